The van der Waals surface area contributed by atoms with Crippen LogP contribution in [0.4, 0.5) is 11.9 Å². The molecule has 94 valence electrons. The van der Waals surface area contributed by atoms with E-state index in [1.165, 1.54) is 38.5 Å². The highest BCUT2D eigenvalue weighted by atomic mass is 16.4. The van der Waals surface area contributed by atoms with E-state index in [9.17, 15) is 0 Å². The third-order valence-corrected chi connectivity index (χ3v) is 3.78. The first kappa shape index (κ1) is 10.9. The van der Waals surface area contributed by atoms with Crippen LogP contribution in [-0.2, 0) is 0 Å². The number of aromatic nitrogens is 1. The van der Waals surface area contributed by atoms with E-state index in [4.69, 9.17) is 4.42 Å². The van der Waals surface area contributed by atoms with E-state index in [0.717, 1.165) is 38.1 Å². The largest absolute Gasteiger partial charge is 0.407 e. The molecule has 0 aromatic carbocycles. The van der Waals surface area contributed by atoms with E-state index in [-0.39, 0.29) is 0 Å². The predicted octanol–water partition coefficient (Wildman–Crippen LogP) is 2.66. The minimum atomic E-state index is 0.824. The lowest BCUT2D eigenvalue weighted by Gasteiger charge is -2.27. The number of oxazole rings is 1. The summed E-state index contributed by atoms with van der Waals surface area (Å²) in [6.45, 7) is 4.43. The van der Waals surface area contributed by atoms with Crippen molar-refractivity contribution >= 4 is 11.9 Å². The molecule has 17 heavy (non-hydrogen) atoms. The van der Waals surface area contributed by atoms with Crippen molar-refractivity contribution < 1.29 is 4.42 Å². The summed E-state index contributed by atoms with van der Waals surface area (Å²) in [6, 6.07) is 0.824. The second-order valence-corrected chi connectivity index (χ2v) is 5.08. The van der Waals surface area contributed by atoms with Gasteiger partial charge in [0.2, 0.25) is 5.88 Å². The van der Waals surface area contributed by atoms with Crippen LogP contribution >= 0.6 is 0 Å². The van der Waals surface area contributed by atoms with Crippen LogP contribution in [0.3, 0.4) is 0 Å². The third kappa shape index (κ3) is 2.40. The summed E-state index contributed by atoms with van der Waals surface area (Å²) in [7, 11) is 0. The molecule has 0 radical (unpaired) electrons. The molecule has 2 saturated heterocycles. The van der Waals surface area contributed by atoms with Gasteiger partial charge in [0, 0.05) is 26.2 Å². The first-order valence-electron chi connectivity index (χ1n) is 6.89. The van der Waals surface area contributed by atoms with E-state index < -0.39 is 0 Å². The molecule has 0 saturated carbocycles. The lowest BCUT2D eigenvalue weighted by atomic mass is 10.1. The summed E-state index contributed by atoms with van der Waals surface area (Å²) in [5.41, 5.74) is 0. The van der Waals surface area contributed by atoms with Crippen molar-refractivity contribution in [3.63, 3.8) is 0 Å². The number of hydrogen-bond donors (Lipinski definition) is 0. The topological polar surface area (TPSA) is 32.5 Å². The molecule has 0 spiro atoms. The van der Waals surface area contributed by atoms with E-state index >= 15 is 0 Å². The Kier molecular flexibility index (Phi) is 3.20. The van der Waals surface area contributed by atoms with E-state index in [2.05, 4.69) is 14.8 Å². The first-order valence-corrected chi connectivity index (χ1v) is 6.89. The van der Waals surface area contributed by atoms with Gasteiger partial charge in [0.05, 0.1) is 6.20 Å². The van der Waals surface area contributed by atoms with Gasteiger partial charge in [0.15, 0.2) is 0 Å². The van der Waals surface area contributed by atoms with Crippen molar-refractivity contribution in [1.82, 2.24) is 4.98 Å². The number of rotatable bonds is 2. The molecule has 0 N–H and O–H groups in total. The average molecular weight is 235 g/mol. The second kappa shape index (κ2) is 4.98. The van der Waals surface area contributed by atoms with Gasteiger partial charge in [-0.3, -0.25) is 0 Å². The number of piperidine rings is 2. The van der Waals surface area contributed by atoms with Crippen LogP contribution in [0.1, 0.15) is 38.5 Å². The molecule has 4 heteroatoms. The van der Waals surface area contributed by atoms with Crippen LogP contribution in [0, 0.1) is 0 Å². The Labute approximate surface area is 103 Å². The first-order chi connectivity index (χ1) is 8.43. The highest BCUT2D eigenvalue weighted by Gasteiger charge is 2.19. The van der Waals surface area contributed by atoms with Crippen LogP contribution in [0.15, 0.2) is 10.6 Å². The van der Waals surface area contributed by atoms with Crippen molar-refractivity contribution in [2.24, 2.45) is 0 Å². The predicted molar refractivity (Wildman–Crippen MR) is 68.6 cm³/mol. The molecular weight excluding hydrogens is 214 g/mol. The highest BCUT2D eigenvalue weighted by Crippen LogP contribution is 2.26. The molecular formula is C13H21N3O. The fourth-order valence-corrected chi connectivity index (χ4v) is 2.75. The van der Waals surface area contributed by atoms with Gasteiger partial charge in [-0.05, 0) is 38.5 Å². The number of nitrogens with zero attached hydrogens (tertiary/aromatic N) is 3. The maximum absolute atomic E-state index is 5.90. The van der Waals surface area contributed by atoms with Crippen LogP contribution in [0.5, 0.6) is 0 Å². The van der Waals surface area contributed by atoms with Gasteiger partial charge >= 0.3 is 0 Å². The zero-order valence-corrected chi connectivity index (χ0v) is 10.4. The maximum Gasteiger partial charge on any atom is 0.299 e. The summed E-state index contributed by atoms with van der Waals surface area (Å²) in [5.74, 6) is 0.963. The summed E-state index contributed by atoms with van der Waals surface area (Å²) in [6.07, 6.45) is 9.68. The molecule has 0 amide bonds. The molecule has 1 aromatic heterocycles. The Balaban J connectivity index is 1.68. The Hall–Kier alpha value is -1.19. The van der Waals surface area contributed by atoms with Gasteiger partial charge in [0.1, 0.15) is 0 Å². The number of anilines is 2. The van der Waals surface area contributed by atoms with Crippen LogP contribution in [-0.4, -0.2) is 31.2 Å². The van der Waals surface area contributed by atoms with E-state index in [0.29, 0.717) is 0 Å². The molecule has 0 atom stereocenters. The SMILES string of the molecule is c1nc(N2CCCCC2)oc1N1CCCCC1. The molecule has 2 aliphatic heterocycles. The van der Waals surface area contributed by atoms with Gasteiger partial charge in [-0.1, -0.05) is 0 Å². The van der Waals surface area contributed by atoms with Crippen LogP contribution in [0.2, 0.25) is 0 Å². The quantitative estimate of drug-likeness (QED) is 0.789. The van der Waals surface area contributed by atoms with Crippen molar-refractivity contribution in [3.8, 4) is 0 Å². The molecule has 3 rings (SSSR count). The van der Waals surface area contributed by atoms with Crippen LogP contribution < -0.4 is 9.80 Å². The minimum absolute atomic E-state index is 0.824. The van der Waals surface area contributed by atoms with Crippen molar-refractivity contribution in [1.29, 1.82) is 0 Å². The Morgan fingerprint density at radius 2 is 1.41 bits per heavy atom. The minimum Gasteiger partial charge on any atom is -0.407 e. The Morgan fingerprint density at radius 3 is 2.06 bits per heavy atom. The third-order valence-electron chi connectivity index (χ3n) is 3.78. The maximum atomic E-state index is 5.90. The molecule has 0 unspecified atom stereocenters. The molecule has 1 aromatic rings. The van der Waals surface area contributed by atoms with E-state index in [1.54, 1.807) is 0 Å². The van der Waals surface area contributed by atoms with Gasteiger partial charge in [0.25, 0.3) is 6.01 Å². The summed E-state index contributed by atoms with van der Waals surface area (Å²) in [4.78, 5) is 9.03. The zero-order valence-electron chi connectivity index (χ0n) is 10.4. The van der Waals surface area contributed by atoms with Gasteiger partial charge in [-0.25, -0.2) is 0 Å². The number of hydrogen-bond acceptors (Lipinski definition) is 4. The molecule has 4 nitrogen and oxygen atoms in total. The lowest BCUT2D eigenvalue weighted by Crippen LogP contribution is -2.30. The fraction of sp³-hybridized carbons (Fsp3) is 0.769. The second-order valence-electron chi connectivity index (χ2n) is 5.08. The van der Waals surface area contributed by atoms with Crippen molar-refractivity contribution in [3.05, 3.63) is 6.20 Å². The zero-order chi connectivity index (χ0) is 11.5. The van der Waals surface area contributed by atoms with Crippen LogP contribution in [0.25, 0.3) is 0 Å². The normalized spacial score (nSPS) is 21.9. The van der Waals surface area contributed by atoms with Gasteiger partial charge in [-0.15, -0.1) is 0 Å². The van der Waals surface area contributed by atoms with Crippen molar-refractivity contribution in [2.45, 2.75) is 38.5 Å². The molecule has 3 heterocycles. The Morgan fingerprint density at radius 1 is 0.824 bits per heavy atom. The molecule has 2 aliphatic rings. The van der Waals surface area contributed by atoms with E-state index in [1.807, 2.05) is 6.20 Å². The summed E-state index contributed by atoms with van der Waals surface area (Å²) >= 11 is 0. The average Bonchev–Trinajstić information content (AvgIpc) is 2.90. The molecule has 2 fully saturated rings. The molecule has 0 bridgehead atoms. The smallest absolute Gasteiger partial charge is 0.299 e. The standard InChI is InChI=1S/C13H21N3O/c1-3-7-15(8-4-1)12-11-14-13(17-12)16-9-5-2-6-10-16/h11H,1-10H2. The monoisotopic (exact) mass is 235 g/mol. The summed E-state index contributed by atoms with van der Waals surface area (Å²) in [5, 5.41) is 0. The van der Waals surface area contributed by atoms with Crippen molar-refractivity contribution in [2.75, 3.05) is 36.0 Å². The molecule has 0 aliphatic carbocycles. The Bertz CT molecular complexity index is 319. The van der Waals surface area contributed by atoms with Gasteiger partial charge < -0.3 is 14.2 Å². The lowest BCUT2D eigenvalue weighted by molar-refractivity contribution is 0.470. The van der Waals surface area contributed by atoms with Gasteiger partial charge in [-0.2, -0.15) is 4.98 Å². The fourth-order valence-electron chi connectivity index (χ4n) is 2.75. The summed E-state index contributed by atoms with van der Waals surface area (Å²) < 4.78 is 5.90. The highest BCUT2D eigenvalue weighted by molar-refractivity contribution is 5.39.